The number of rotatable bonds is 6. The molecule has 1 fully saturated rings. The van der Waals surface area contributed by atoms with Crippen LogP contribution in [0.5, 0.6) is 0 Å². The fraction of sp³-hybridized carbons (Fsp3) is 0.500. The summed E-state index contributed by atoms with van der Waals surface area (Å²) in [4.78, 5) is 12.2. The first-order valence-corrected chi connectivity index (χ1v) is 7.88. The Labute approximate surface area is 131 Å². The number of ether oxygens (including phenoxy) is 1. The third-order valence-corrected chi connectivity index (χ3v) is 3.92. The molecule has 1 amide bonds. The lowest BCUT2D eigenvalue weighted by atomic mass is 9.98. The van der Waals surface area contributed by atoms with Gasteiger partial charge in [-0.25, -0.2) is 0 Å². The minimum atomic E-state index is -0.0745. The van der Waals surface area contributed by atoms with Gasteiger partial charge in [-0.2, -0.15) is 0 Å². The molecule has 4 nitrogen and oxygen atoms in total. The predicted molar refractivity (Wildman–Crippen MR) is 88.4 cm³/mol. The predicted octanol–water partition coefficient (Wildman–Crippen LogP) is 3.00. The van der Waals surface area contributed by atoms with Crippen LogP contribution < -0.4 is 11.1 Å². The molecular formula is C16H22N2O2S. The highest BCUT2D eigenvalue weighted by Gasteiger charge is 2.14. The molecule has 1 aliphatic rings. The zero-order chi connectivity index (χ0) is 15.1. The van der Waals surface area contributed by atoms with Crippen LogP contribution in [0.3, 0.4) is 0 Å². The summed E-state index contributed by atoms with van der Waals surface area (Å²) in [5.74, 6) is -0.0745. The van der Waals surface area contributed by atoms with Crippen molar-refractivity contribution in [3.63, 3.8) is 0 Å². The van der Waals surface area contributed by atoms with Gasteiger partial charge in [0.15, 0.2) is 0 Å². The van der Waals surface area contributed by atoms with Crippen molar-refractivity contribution in [1.82, 2.24) is 0 Å². The van der Waals surface area contributed by atoms with Crippen LogP contribution in [0.15, 0.2) is 24.3 Å². The van der Waals surface area contributed by atoms with E-state index in [9.17, 15) is 4.79 Å². The summed E-state index contributed by atoms with van der Waals surface area (Å²) in [5.41, 5.74) is 6.99. The van der Waals surface area contributed by atoms with Crippen molar-refractivity contribution < 1.29 is 9.53 Å². The Morgan fingerprint density at radius 2 is 2.00 bits per heavy atom. The Balaban J connectivity index is 1.78. The first-order valence-electron chi connectivity index (χ1n) is 7.47. The highest BCUT2D eigenvalue weighted by molar-refractivity contribution is 7.80. The first kappa shape index (κ1) is 15.9. The number of carbonyl (C=O) groups is 1. The van der Waals surface area contributed by atoms with Crippen LogP contribution >= 0.6 is 12.2 Å². The lowest BCUT2D eigenvalue weighted by molar-refractivity contribution is -0.117. The monoisotopic (exact) mass is 306 g/mol. The Morgan fingerprint density at radius 3 is 2.71 bits per heavy atom. The van der Waals surface area contributed by atoms with Crippen molar-refractivity contribution in [1.29, 1.82) is 0 Å². The number of hydrogen-bond donors (Lipinski definition) is 2. The van der Waals surface area contributed by atoms with E-state index in [2.05, 4.69) is 5.32 Å². The molecule has 1 aliphatic carbocycles. The molecule has 1 aromatic rings. The Morgan fingerprint density at radius 1 is 1.29 bits per heavy atom. The van der Waals surface area contributed by atoms with Crippen LogP contribution in [0, 0.1) is 0 Å². The maximum Gasteiger partial charge on any atom is 0.226 e. The maximum atomic E-state index is 12.0. The van der Waals surface area contributed by atoms with Gasteiger partial charge in [-0.1, -0.05) is 43.6 Å². The van der Waals surface area contributed by atoms with Gasteiger partial charge < -0.3 is 15.8 Å². The normalized spacial score (nSPS) is 15.6. The number of thiocarbonyl (C=S) groups is 1. The summed E-state index contributed by atoms with van der Waals surface area (Å²) in [6.07, 6.45) is 6.68. The van der Waals surface area contributed by atoms with Gasteiger partial charge >= 0.3 is 0 Å². The highest BCUT2D eigenvalue weighted by Crippen LogP contribution is 2.20. The molecule has 1 saturated carbocycles. The maximum absolute atomic E-state index is 12.0. The number of nitrogens with two attached hydrogens (primary N) is 1. The van der Waals surface area contributed by atoms with Crippen molar-refractivity contribution >= 4 is 28.8 Å². The van der Waals surface area contributed by atoms with E-state index in [0.29, 0.717) is 30.4 Å². The second-order valence-corrected chi connectivity index (χ2v) is 5.78. The summed E-state index contributed by atoms with van der Waals surface area (Å²) in [6.45, 7) is 0.464. The molecule has 114 valence electrons. The average Bonchev–Trinajstić information content (AvgIpc) is 2.48. The van der Waals surface area contributed by atoms with E-state index in [1.54, 1.807) is 12.1 Å². The first-order chi connectivity index (χ1) is 10.2. The number of nitrogens with one attached hydrogen (secondary N) is 1. The zero-order valence-electron chi connectivity index (χ0n) is 12.1. The molecule has 5 heteroatoms. The molecule has 0 radical (unpaired) electrons. The summed E-state index contributed by atoms with van der Waals surface area (Å²) in [6, 6.07) is 7.29. The van der Waals surface area contributed by atoms with E-state index in [4.69, 9.17) is 22.7 Å². The standard InChI is InChI=1S/C16H22N2O2S/c17-16(21)13-8-4-5-9-14(13)18-15(19)10-11-20-12-6-2-1-3-7-12/h4-5,8-9,12H,1-3,6-7,10-11H2,(H2,17,21)(H,18,19). The number of para-hydroxylation sites is 1. The summed E-state index contributed by atoms with van der Waals surface area (Å²) < 4.78 is 5.76. The third kappa shape index (κ3) is 5.10. The van der Waals surface area contributed by atoms with Gasteiger partial charge in [0.25, 0.3) is 0 Å². The van der Waals surface area contributed by atoms with Crippen molar-refractivity contribution in [2.75, 3.05) is 11.9 Å². The van der Waals surface area contributed by atoms with Crippen LogP contribution in [0.25, 0.3) is 0 Å². The van der Waals surface area contributed by atoms with Gasteiger partial charge in [0.1, 0.15) is 4.99 Å². The van der Waals surface area contributed by atoms with Gasteiger partial charge in [0.05, 0.1) is 24.8 Å². The van der Waals surface area contributed by atoms with E-state index in [1.807, 2.05) is 12.1 Å². The van der Waals surface area contributed by atoms with Crippen molar-refractivity contribution in [3.8, 4) is 0 Å². The second-order valence-electron chi connectivity index (χ2n) is 5.34. The molecule has 1 aromatic carbocycles. The lowest BCUT2D eigenvalue weighted by Crippen LogP contribution is -2.21. The second kappa shape index (κ2) is 8.10. The van der Waals surface area contributed by atoms with Crippen LogP contribution in [-0.4, -0.2) is 23.6 Å². The van der Waals surface area contributed by atoms with Gasteiger partial charge in [-0.05, 0) is 25.0 Å². The van der Waals surface area contributed by atoms with Crippen LogP contribution in [0.2, 0.25) is 0 Å². The molecule has 0 aliphatic heterocycles. The number of hydrogen-bond acceptors (Lipinski definition) is 3. The number of anilines is 1. The number of benzene rings is 1. The SMILES string of the molecule is NC(=S)c1ccccc1NC(=O)CCOC1CCCCC1. The number of amides is 1. The molecule has 2 rings (SSSR count). The van der Waals surface area contributed by atoms with Gasteiger partial charge in [-0.15, -0.1) is 0 Å². The topological polar surface area (TPSA) is 64.3 Å². The molecule has 21 heavy (non-hydrogen) atoms. The third-order valence-electron chi connectivity index (χ3n) is 3.70. The van der Waals surface area contributed by atoms with Crippen LogP contribution in [0.1, 0.15) is 44.1 Å². The quantitative estimate of drug-likeness (QED) is 0.793. The highest BCUT2D eigenvalue weighted by atomic mass is 32.1. The van der Waals surface area contributed by atoms with E-state index in [0.717, 1.165) is 12.8 Å². The minimum Gasteiger partial charge on any atom is -0.389 e. The molecule has 0 saturated heterocycles. The molecule has 0 spiro atoms. The Bertz CT molecular complexity index is 499. The van der Waals surface area contributed by atoms with Crippen molar-refractivity contribution in [2.45, 2.75) is 44.6 Å². The molecule has 0 bridgehead atoms. The lowest BCUT2D eigenvalue weighted by Gasteiger charge is -2.21. The van der Waals surface area contributed by atoms with Crippen LogP contribution in [-0.2, 0) is 9.53 Å². The zero-order valence-corrected chi connectivity index (χ0v) is 13.0. The molecule has 0 heterocycles. The number of carbonyl (C=O) groups excluding carboxylic acids is 1. The van der Waals surface area contributed by atoms with Crippen molar-refractivity contribution in [2.24, 2.45) is 5.73 Å². The van der Waals surface area contributed by atoms with Gasteiger partial charge in [-0.3, -0.25) is 4.79 Å². The molecule has 0 unspecified atom stereocenters. The minimum absolute atomic E-state index is 0.0745. The Hall–Kier alpha value is -1.46. The van der Waals surface area contributed by atoms with E-state index in [1.165, 1.54) is 19.3 Å². The molecule has 0 atom stereocenters. The van der Waals surface area contributed by atoms with Gasteiger partial charge in [0, 0.05) is 5.56 Å². The fourth-order valence-electron chi connectivity index (χ4n) is 2.57. The van der Waals surface area contributed by atoms with Crippen LogP contribution in [0.4, 0.5) is 5.69 Å². The molecular weight excluding hydrogens is 284 g/mol. The molecule has 0 aromatic heterocycles. The summed E-state index contributed by atoms with van der Waals surface area (Å²) in [7, 11) is 0. The summed E-state index contributed by atoms with van der Waals surface area (Å²) >= 11 is 4.98. The van der Waals surface area contributed by atoms with Gasteiger partial charge in [0.2, 0.25) is 5.91 Å². The van der Waals surface area contributed by atoms with E-state index < -0.39 is 0 Å². The fourth-order valence-corrected chi connectivity index (χ4v) is 2.75. The van der Waals surface area contributed by atoms with Crippen molar-refractivity contribution in [3.05, 3.63) is 29.8 Å². The largest absolute Gasteiger partial charge is 0.389 e. The average molecular weight is 306 g/mol. The Kier molecular flexibility index (Phi) is 6.14. The van der Waals surface area contributed by atoms with E-state index >= 15 is 0 Å². The van der Waals surface area contributed by atoms with E-state index in [-0.39, 0.29) is 10.9 Å². The summed E-state index contributed by atoms with van der Waals surface area (Å²) in [5, 5.41) is 2.84. The smallest absolute Gasteiger partial charge is 0.226 e. The molecule has 3 N–H and O–H groups in total.